The van der Waals surface area contributed by atoms with E-state index in [-0.39, 0.29) is 11.7 Å². The van der Waals surface area contributed by atoms with Crippen molar-refractivity contribution >= 4 is 44.6 Å². The zero-order valence-electron chi connectivity index (χ0n) is 17.3. The Balaban J connectivity index is 1.39. The Kier molecular flexibility index (Phi) is 3.87. The lowest BCUT2D eigenvalue weighted by atomic mass is 10.1. The topological polar surface area (TPSA) is 173 Å². The van der Waals surface area contributed by atoms with Gasteiger partial charge in [0.1, 0.15) is 17.5 Å². The third-order valence-corrected chi connectivity index (χ3v) is 5.74. The summed E-state index contributed by atoms with van der Waals surface area (Å²) in [6.45, 7) is 0. The molecule has 0 spiro atoms. The molecule has 33 heavy (non-hydrogen) atoms. The summed E-state index contributed by atoms with van der Waals surface area (Å²) in [7, 11) is 0. The summed E-state index contributed by atoms with van der Waals surface area (Å²) in [5.74, 6) is 1.50. The molecule has 0 unspecified atom stereocenters. The number of aromatic nitrogens is 5. The molecule has 0 aliphatic heterocycles. The zero-order valence-corrected chi connectivity index (χ0v) is 17.3. The van der Waals surface area contributed by atoms with Crippen molar-refractivity contribution in [2.75, 3.05) is 0 Å². The first-order valence-corrected chi connectivity index (χ1v) is 10.3. The molecule has 3 aromatic heterocycles. The van der Waals surface area contributed by atoms with Crippen molar-refractivity contribution in [1.82, 2.24) is 24.9 Å². The molecule has 9 N–H and O–H groups in total. The molecule has 3 aromatic carbocycles. The maximum atomic E-state index is 7.63. The Morgan fingerprint density at radius 2 is 1.24 bits per heavy atom. The van der Waals surface area contributed by atoms with E-state index in [0.717, 1.165) is 50.1 Å². The van der Waals surface area contributed by atoms with Gasteiger partial charge in [0, 0.05) is 27.6 Å². The van der Waals surface area contributed by atoms with Crippen LogP contribution >= 0.6 is 0 Å². The molecule has 0 bridgehead atoms. The number of benzene rings is 3. The predicted molar refractivity (Wildman–Crippen MR) is 131 cm³/mol. The van der Waals surface area contributed by atoms with Crippen molar-refractivity contribution in [3.05, 3.63) is 71.8 Å². The van der Waals surface area contributed by atoms with Crippen LogP contribution in [0.5, 0.6) is 0 Å². The maximum Gasteiger partial charge on any atom is 0.155 e. The summed E-state index contributed by atoms with van der Waals surface area (Å²) >= 11 is 0. The Bertz CT molecular complexity index is 1640. The molecular weight excluding hydrogens is 414 g/mol. The maximum absolute atomic E-state index is 7.63. The van der Waals surface area contributed by atoms with Gasteiger partial charge in [0.25, 0.3) is 0 Å². The van der Waals surface area contributed by atoms with Crippen molar-refractivity contribution in [1.29, 1.82) is 10.8 Å². The molecule has 0 saturated carbocycles. The molecular formula is C24H19N9. The van der Waals surface area contributed by atoms with E-state index in [1.165, 1.54) is 0 Å². The molecule has 9 heteroatoms. The fraction of sp³-hybridized carbons (Fsp3) is 0. The first-order chi connectivity index (χ1) is 15.9. The van der Waals surface area contributed by atoms with Crippen molar-refractivity contribution in [3.8, 4) is 22.9 Å². The van der Waals surface area contributed by atoms with Crippen LogP contribution in [0.2, 0.25) is 0 Å². The SMILES string of the molecule is N=C(N)c1ccc2nc(-c3ccc4cc(-c5nc6ccc(C(=N)N)cc6[nH]5)[nH]c4c3)[nH]c2c1. The number of amidine groups is 2. The first-order valence-electron chi connectivity index (χ1n) is 10.3. The van der Waals surface area contributed by atoms with Gasteiger partial charge in [-0.1, -0.05) is 12.1 Å². The predicted octanol–water partition coefficient (Wildman–Crippen LogP) is 3.82. The van der Waals surface area contributed by atoms with E-state index in [4.69, 9.17) is 22.3 Å². The molecule has 0 atom stereocenters. The van der Waals surface area contributed by atoms with E-state index >= 15 is 0 Å². The molecule has 6 aromatic rings. The summed E-state index contributed by atoms with van der Waals surface area (Å²) in [6.07, 6.45) is 0. The Morgan fingerprint density at radius 1 is 0.636 bits per heavy atom. The van der Waals surface area contributed by atoms with Crippen LogP contribution in [0.3, 0.4) is 0 Å². The van der Waals surface area contributed by atoms with E-state index in [1.54, 1.807) is 12.1 Å². The molecule has 0 aliphatic carbocycles. The van der Waals surface area contributed by atoms with Gasteiger partial charge in [0.15, 0.2) is 5.82 Å². The minimum atomic E-state index is 0.0225. The van der Waals surface area contributed by atoms with Crippen molar-refractivity contribution < 1.29 is 0 Å². The molecule has 9 nitrogen and oxygen atoms in total. The number of fused-ring (bicyclic) bond motifs is 3. The summed E-state index contributed by atoms with van der Waals surface area (Å²) < 4.78 is 0. The van der Waals surface area contributed by atoms with Crippen LogP contribution in [-0.2, 0) is 0 Å². The lowest BCUT2D eigenvalue weighted by molar-refractivity contribution is 1.29. The van der Waals surface area contributed by atoms with E-state index in [1.807, 2.05) is 48.5 Å². The molecule has 0 fully saturated rings. The molecule has 160 valence electrons. The Labute approximate surface area is 186 Å². The van der Waals surface area contributed by atoms with Crippen molar-refractivity contribution in [2.24, 2.45) is 11.5 Å². The number of nitrogens with one attached hydrogen (secondary N) is 5. The van der Waals surface area contributed by atoms with Crippen LogP contribution < -0.4 is 11.5 Å². The normalized spacial score (nSPS) is 11.5. The highest BCUT2D eigenvalue weighted by atomic mass is 15.0. The van der Waals surface area contributed by atoms with Gasteiger partial charge >= 0.3 is 0 Å². The summed E-state index contributed by atoms with van der Waals surface area (Å²) in [6, 6.07) is 19.1. The fourth-order valence-corrected chi connectivity index (χ4v) is 4.02. The standard InChI is InChI=1S/C24H19N9/c25-21(26)12-3-5-15-18(8-12)32-23(30-15)14-2-1-11-7-20(29-17(11)10-14)24-31-16-6-4-13(22(27)28)9-19(16)33-24/h1-10,29H,(H3,25,26)(H3,27,28)(H,30,32)(H,31,33). The highest BCUT2D eigenvalue weighted by molar-refractivity contribution is 5.99. The van der Waals surface area contributed by atoms with Gasteiger partial charge < -0.3 is 26.4 Å². The number of rotatable bonds is 4. The van der Waals surface area contributed by atoms with Gasteiger partial charge in [-0.05, 0) is 48.5 Å². The number of nitrogens with zero attached hydrogens (tertiary/aromatic N) is 2. The summed E-state index contributed by atoms with van der Waals surface area (Å²) in [4.78, 5) is 19.4. The minimum Gasteiger partial charge on any atom is -0.384 e. The number of hydrogen-bond donors (Lipinski definition) is 7. The van der Waals surface area contributed by atoms with Gasteiger partial charge in [-0.15, -0.1) is 0 Å². The van der Waals surface area contributed by atoms with Gasteiger partial charge in [0.2, 0.25) is 0 Å². The Hall–Kier alpha value is -4.92. The fourth-order valence-electron chi connectivity index (χ4n) is 4.02. The van der Waals surface area contributed by atoms with Crippen LogP contribution in [-0.4, -0.2) is 36.6 Å². The number of imidazole rings is 2. The third-order valence-electron chi connectivity index (χ3n) is 5.74. The molecule has 0 radical (unpaired) electrons. The van der Waals surface area contributed by atoms with Gasteiger partial charge in [0.05, 0.1) is 27.8 Å². The number of nitrogen functional groups attached to an aromatic ring is 2. The summed E-state index contributed by atoms with van der Waals surface area (Å²) in [5.41, 5.74) is 18.5. The number of nitrogens with two attached hydrogens (primary N) is 2. The molecule has 0 amide bonds. The average Bonchev–Trinajstić information content (AvgIpc) is 3.52. The van der Waals surface area contributed by atoms with Crippen LogP contribution in [0.15, 0.2) is 60.7 Å². The lowest BCUT2D eigenvalue weighted by Gasteiger charge is -1.97. The average molecular weight is 433 g/mol. The smallest absolute Gasteiger partial charge is 0.155 e. The van der Waals surface area contributed by atoms with Crippen LogP contribution in [0, 0.1) is 10.8 Å². The van der Waals surface area contributed by atoms with E-state index in [0.29, 0.717) is 17.0 Å². The molecule has 0 saturated heterocycles. The van der Waals surface area contributed by atoms with Crippen molar-refractivity contribution in [2.45, 2.75) is 0 Å². The van der Waals surface area contributed by atoms with E-state index in [2.05, 4.69) is 24.9 Å². The highest BCUT2D eigenvalue weighted by Gasteiger charge is 2.12. The first kappa shape index (κ1) is 18.8. The van der Waals surface area contributed by atoms with Crippen LogP contribution in [0.25, 0.3) is 55.9 Å². The monoisotopic (exact) mass is 433 g/mol. The Morgan fingerprint density at radius 3 is 1.88 bits per heavy atom. The second-order valence-corrected chi connectivity index (χ2v) is 7.95. The van der Waals surface area contributed by atoms with Gasteiger partial charge in [-0.3, -0.25) is 10.8 Å². The molecule has 0 aliphatic rings. The highest BCUT2D eigenvalue weighted by Crippen LogP contribution is 2.29. The van der Waals surface area contributed by atoms with Gasteiger partial charge in [-0.2, -0.15) is 0 Å². The van der Waals surface area contributed by atoms with Gasteiger partial charge in [-0.25, -0.2) is 9.97 Å². The number of aromatic amines is 3. The number of hydrogen-bond acceptors (Lipinski definition) is 4. The molecule has 6 rings (SSSR count). The molecule has 3 heterocycles. The largest absolute Gasteiger partial charge is 0.384 e. The van der Waals surface area contributed by atoms with Crippen LogP contribution in [0.1, 0.15) is 11.1 Å². The van der Waals surface area contributed by atoms with E-state index < -0.39 is 0 Å². The third kappa shape index (κ3) is 3.10. The summed E-state index contributed by atoms with van der Waals surface area (Å²) in [5, 5.41) is 16.3. The lowest BCUT2D eigenvalue weighted by Crippen LogP contribution is -2.10. The van der Waals surface area contributed by atoms with E-state index in [9.17, 15) is 0 Å². The quantitative estimate of drug-likeness (QED) is 0.165. The number of H-pyrrole nitrogens is 3. The minimum absolute atomic E-state index is 0.0225. The van der Waals surface area contributed by atoms with Crippen molar-refractivity contribution in [3.63, 3.8) is 0 Å². The zero-order chi connectivity index (χ0) is 22.7. The van der Waals surface area contributed by atoms with Crippen LogP contribution in [0.4, 0.5) is 0 Å². The second kappa shape index (κ2) is 6.79. The second-order valence-electron chi connectivity index (χ2n) is 7.95.